The Kier molecular flexibility index (Phi) is 6.08. The summed E-state index contributed by atoms with van der Waals surface area (Å²) in [5.74, 6) is -0.729. The number of nitriles is 1. The number of rotatable bonds is 6. The number of carbonyl (C=O) groups is 1. The zero-order chi connectivity index (χ0) is 19.3. The molecule has 0 amide bonds. The van der Waals surface area contributed by atoms with E-state index < -0.39 is 21.0 Å². The summed E-state index contributed by atoms with van der Waals surface area (Å²) < 4.78 is 40.2. The molecule has 0 fully saturated rings. The molecule has 26 heavy (non-hydrogen) atoms. The van der Waals surface area contributed by atoms with Gasteiger partial charge in [-0.25, -0.2) is 4.79 Å². The second kappa shape index (κ2) is 8.08. The standard InChI is InChI=1S/C17H14ClNO6S/c1-3-24-15-8-11(10-19)4-7-14(15)25-26(21,22)16-9-12(17(20)23-2)5-6-13(16)18/h4-9H,3H2,1-2H3. The quantitative estimate of drug-likeness (QED) is 0.546. The molecule has 0 aliphatic rings. The highest BCUT2D eigenvalue weighted by atomic mass is 35.5. The Bertz CT molecular complexity index is 981. The van der Waals surface area contributed by atoms with Gasteiger partial charge < -0.3 is 13.7 Å². The second-order valence-electron chi connectivity index (χ2n) is 4.88. The molecular weight excluding hydrogens is 382 g/mol. The highest BCUT2D eigenvalue weighted by molar-refractivity contribution is 7.87. The molecule has 0 aliphatic heterocycles. The highest BCUT2D eigenvalue weighted by Gasteiger charge is 2.24. The van der Waals surface area contributed by atoms with Crippen molar-refractivity contribution >= 4 is 27.7 Å². The summed E-state index contributed by atoms with van der Waals surface area (Å²) in [5.41, 5.74) is 0.285. The lowest BCUT2D eigenvalue weighted by Crippen LogP contribution is -2.13. The minimum atomic E-state index is -4.37. The van der Waals surface area contributed by atoms with Crippen LogP contribution in [0.25, 0.3) is 0 Å². The van der Waals surface area contributed by atoms with Crippen LogP contribution in [0.4, 0.5) is 0 Å². The molecule has 0 radical (unpaired) electrons. The summed E-state index contributed by atoms with van der Waals surface area (Å²) >= 11 is 5.96. The van der Waals surface area contributed by atoms with Crippen molar-refractivity contribution in [1.29, 1.82) is 5.26 Å². The van der Waals surface area contributed by atoms with Gasteiger partial charge in [-0.05, 0) is 37.3 Å². The van der Waals surface area contributed by atoms with E-state index >= 15 is 0 Å². The van der Waals surface area contributed by atoms with Crippen LogP contribution in [0.5, 0.6) is 11.5 Å². The number of hydrogen-bond acceptors (Lipinski definition) is 7. The number of halogens is 1. The van der Waals surface area contributed by atoms with Gasteiger partial charge in [0.05, 0.1) is 35.9 Å². The first-order valence-electron chi connectivity index (χ1n) is 7.31. The van der Waals surface area contributed by atoms with Crippen molar-refractivity contribution in [2.45, 2.75) is 11.8 Å². The van der Waals surface area contributed by atoms with Gasteiger partial charge in [-0.15, -0.1) is 0 Å². The SMILES string of the molecule is CCOc1cc(C#N)ccc1OS(=O)(=O)c1cc(C(=O)OC)ccc1Cl. The van der Waals surface area contributed by atoms with E-state index in [4.69, 9.17) is 25.8 Å². The fraction of sp³-hybridized carbons (Fsp3) is 0.176. The Hall–Kier alpha value is -2.76. The Balaban J connectivity index is 2.47. The van der Waals surface area contributed by atoms with Crippen LogP contribution in [0.15, 0.2) is 41.3 Å². The summed E-state index contributed by atoms with van der Waals surface area (Å²) in [7, 11) is -3.20. The van der Waals surface area contributed by atoms with Crippen LogP contribution in [0, 0.1) is 11.3 Å². The monoisotopic (exact) mass is 395 g/mol. The van der Waals surface area contributed by atoms with E-state index in [-0.39, 0.29) is 34.3 Å². The van der Waals surface area contributed by atoms with Crippen LogP contribution < -0.4 is 8.92 Å². The zero-order valence-corrected chi connectivity index (χ0v) is 15.4. The summed E-state index contributed by atoms with van der Waals surface area (Å²) in [6.45, 7) is 1.94. The Labute approximate surface area is 155 Å². The molecule has 2 aromatic rings. The minimum Gasteiger partial charge on any atom is -0.490 e. The van der Waals surface area contributed by atoms with Crippen LogP contribution in [-0.2, 0) is 14.9 Å². The fourth-order valence-corrected chi connectivity index (χ4v) is 3.46. The van der Waals surface area contributed by atoms with Gasteiger partial charge in [0.15, 0.2) is 11.5 Å². The molecule has 136 valence electrons. The molecular formula is C17H14ClNO6S. The molecule has 2 rings (SSSR count). The highest BCUT2D eigenvalue weighted by Crippen LogP contribution is 2.33. The molecule has 2 aromatic carbocycles. The first kappa shape index (κ1) is 19.6. The van der Waals surface area contributed by atoms with Gasteiger partial charge >= 0.3 is 16.1 Å². The summed E-state index contributed by atoms with van der Waals surface area (Å²) in [4.78, 5) is 11.2. The normalized spacial score (nSPS) is 10.7. The predicted octanol–water partition coefficient (Wildman–Crippen LogP) is 3.16. The molecule has 0 bridgehead atoms. The van der Waals surface area contributed by atoms with Gasteiger partial charge in [0.1, 0.15) is 4.90 Å². The Morgan fingerprint density at radius 2 is 1.92 bits per heavy atom. The van der Waals surface area contributed by atoms with Gasteiger partial charge in [0.25, 0.3) is 0 Å². The number of hydrogen-bond donors (Lipinski definition) is 0. The van der Waals surface area contributed by atoms with Crippen LogP contribution in [0.2, 0.25) is 5.02 Å². The van der Waals surface area contributed by atoms with Crippen molar-refractivity contribution in [2.24, 2.45) is 0 Å². The molecule has 0 aromatic heterocycles. The zero-order valence-electron chi connectivity index (χ0n) is 13.9. The van der Waals surface area contributed by atoms with Crippen molar-refractivity contribution in [3.63, 3.8) is 0 Å². The van der Waals surface area contributed by atoms with Crippen molar-refractivity contribution in [3.8, 4) is 17.6 Å². The number of carbonyl (C=O) groups excluding carboxylic acids is 1. The van der Waals surface area contributed by atoms with Crippen molar-refractivity contribution in [3.05, 3.63) is 52.5 Å². The van der Waals surface area contributed by atoms with Crippen LogP contribution in [-0.4, -0.2) is 28.1 Å². The van der Waals surface area contributed by atoms with E-state index in [0.29, 0.717) is 0 Å². The molecule has 9 heteroatoms. The Morgan fingerprint density at radius 1 is 1.19 bits per heavy atom. The van der Waals surface area contributed by atoms with Crippen molar-refractivity contribution in [2.75, 3.05) is 13.7 Å². The maximum absolute atomic E-state index is 12.6. The average molecular weight is 396 g/mol. The summed E-state index contributed by atoms with van der Waals surface area (Å²) in [5, 5.41) is 8.83. The van der Waals surface area contributed by atoms with Gasteiger partial charge in [0.2, 0.25) is 0 Å². The first-order chi connectivity index (χ1) is 12.3. The first-order valence-corrected chi connectivity index (χ1v) is 9.10. The molecule has 0 atom stereocenters. The van der Waals surface area contributed by atoms with Crippen LogP contribution >= 0.6 is 11.6 Å². The second-order valence-corrected chi connectivity index (χ2v) is 6.80. The minimum absolute atomic E-state index is 0.00364. The van der Waals surface area contributed by atoms with E-state index in [1.165, 1.54) is 37.4 Å². The summed E-state index contributed by atoms with van der Waals surface area (Å²) in [6.07, 6.45) is 0. The number of nitrogens with zero attached hydrogens (tertiary/aromatic N) is 1. The Morgan fingerprint density at radius 3 is 2.54 bits per heavy atom. The van der Waals surface area contributed by atoms with E-state index in [1.807, 2.05) is 6.07 Å². The molecule has 0 heterocycles. The van der Waals surface area contributed by atoms with Crippen LogP contribution in [0.3, 0.4) is 0 Å². The number of methoxy groups -OCH3 is 1. The van der Waals surface area contributed by atoms with Gasteiger partial charge in [-0.2, -0.15) is 13.7 Å². The lowest BCUT2D eigenvalue weighted by atomic mass is 10.2. The number of benzene rings is 2. The van der Waals surface area contributed by atoms with Gasteiger partial charge in [-0.1, -0.05) is 11.6 Å². The van der Waals surface area contributed by atoms with E-state index in [9.17, 15) is 13.2 Å². The number of esters is 1. The molecule has 0 spiro atoms. The third-order valence-corrected chi connectivity index (χ3v) is 4.91. The van der Waals surface area contributed by atoms with E-state index in [0.717, 1.165) is 6.07 Å². The third-order valence-electron chi connectivity index (χ3n) is 3.19. The molecule has 0 N–H and O–H groups in total. The van der Waals surface area contributed by atoms with Crippen LogP contribution in [0.1, 0.15) is 22.8 Å². The maximum Gasteiger partial charge on any atom is 0.340 e. The molecule has 0 saturated carbocycles. The summed E-state index contributed by atoms with van der Waals surface area (Å²) in [6, 6.07) is 9.63. The van der Waals surface area contributed by atoms with Gasteiger partial charge in [-0.3, -0.25) is 0 Å². The van der Waals surface area contributed by atoms with Gasteiger partial charge in [0, 0.05) is 6.07 Å². The topological polar surface area (TPSA) is 103 Å². The molecule has 0 unspecified atom stereocenters. The van der Waals surface area contributed by atoms with E-state index in [1.54, 1.807) is 6.92 Å². The average Bonchev–Trinajstić information content (AvgIpc) is 2.62. The lowest BCUT2D eigenvalue weighted by molar-refractivity contribution is 0.0600. The fourth-order valence-electron chi connectivity index (χ4n) is 2.02. The molecule has 0 saturated heterocycles. The van der Waals surface area contributed by atoms with Crippen molar-refractivity contribution < 1.29 is 26.9 Å². The van der Waals surface area contributed by atoms with Crippen molar-refractivity contribution in [1.82, 2.24) is 0 Å². The maximum atomic E-state index is 12.6. The third kappa shape index (κ3) is 4.25. The predicted molar refractivity (Wildman–Crippen MR) is 92.9 cm³/mol. The largest absolute Gasteiger partial charge is 0.490 e. The molecule has 0 aliphatic carbocycles. The smallest absolute Gasteiger partial charge is 0.340 e. The van der Waals surface area contributed by atoms with E-state index in [2.05, 4.69) is 4.74 Å². The molecule has 7 nitrogen and oxygen atoms in total. The number of ether oxygens (including phenoxy) is 2. The lowest BCUT2D eigenvalue weighted by Gasteiger charge is -2.13.